The van der Waals surface area contributed by atoms with Crippen molar-refractivity contribution < 1.29 is 23.1 Å². The highest BCUT2D eigenvalue weighted by atomic mass is 19.4. The number of aryl methyl sites for hydroxylation is 1. The van der Waals surface area contributed by atoms with E-state index in [0.29, 0.717) is 5.56 Å². The zero-order chi connectivity index (χ0) is 18.9. The number of hydrogen-bond donors (Lipinski definition) is 2. The maximum absolute atomic E-state index is 13.5. The first kappa shape index (κ1) is 18.0. The molecule has 0 bridgehead atoms. The van der Waals surface area contributed by atoms with Crippen molar-refractivity contribution in [2.24, 2.45) is 0 Å². The van der Waals surface area contributed by atoms with Gasteiger partial charge >= 0.3 is 12.1 Å². The molecule has 0 fully saturated rings. The molecule has 6 heteroatoms. The molecule has 0 saturated heterocycles. The quantitative estimate of drug-likeness (QED) is 0.643. The number of aromatic nitrogens is 1. The Morgan fingerprint density at radius 2 is 1.85 bits per heavy atom. The Hall–Kier alpha value is -2.76. The molecule has 0 aliphatic rings. The number of halogens is 3. The second-order valence-electron chi connectivity index (χ2n) is 6.17. The average molecular weight is 361 g/mol. The molecule has 3 nitrogen and oxygen atoms in total. The predicted octanol–water partition coefficient (Wildman–Crippen LogP) is 5.36. The van der Waals surface area contributed by atoms with Crippen LogP contribution in [0.25, 0.3) is 10.9 Å². The number of alkyl halides is 3. The number of carbonyl (C=O) groups is 1. The molecule has 0 aliphatic carbocycles. The second-order valence-corrected chi connectivity index (χ2v) is 6.17. The Labute approximate surface area is 148 Å². The third-order valence-electron chi connectivity index (χ3n) is 4.61. The van der Waals surface area contributed by atoms with E-state index in [1.54, 1.807) is 6.20 Å². The van der Waals surface area contributed by atoms with Gasteiger partial charge in [-0.05, 0) is 29.2 Å². The molecule has 0 unspecified atom stereocenters. The van der Waals surface area contributed by atoms with Gasteiger partial charge in [-0.25, -0.2) is 0 Å². The molecular formula is C20H18F3NO2. The summed E-state index contributed by atoms with van der Waals surface area (Å²) < 4.78 is 40.4. The van der Waals surface area contributed by atoms with Gasteiger partial charge in [0.15, 0.2) is 0 Å². The number of nitrogens with one attached hydrogen (secondary N) is 1. The van der Waals surface area contributed by atoms with Crippen molar-refractivity contribution >= 4 is 16.9 Å². The molecule has 0 spiro atoms. The number of aromatic amines is 1. The fourth-order valence-electron chi connectivity index (χ4n) is 3.44. The molecule has 3 aromatic rings. The van der Waals surface area contributed by atoms with Gasteiger partial charge in [0.2, 0.25) is 0 Å². The number of carboxylic acids is 1. The van der Waals surface area contributed by atoms with Gasteiger partial charge in [0.25, 0.3) is 0 Å². The maximum atomic E-state index is 13.5. The van der Waals surface area contributed by atoms with E-state index >= 15 is 0 Å². The molecular weight excluding hydrogens is 343 g/mol. The molecule has 2 N–H and O–H groups in total. The first-order valence-corrected chi connectivity index (χ1v) is 8.29. The number of para-hydroxylation sites is 1. The molecule has 1 atom stereocenters. The van der Waals surface area contributed by atoms with Crippen LogP contribution >= 0.6 is 0 Å². The highest BCUT2D eigenvalue weighted by Crippen LogP contribution is 2.41. The third-order valence-corrected chi connectivity index (χ3v) is 4.61. The summed E-state index contributed by atoms with van der Waals surface area (Å²) in [7, 11) is 0. The number of rotatable bonds is 5. The van der Waals surface area contributed by atoms with Gasteiger partial charge < -0.3 is 10.1 Å². The fraction of sp³-hybridized carbons (Fsp3) is 0.250. The Balaban J connectivity index is 2.23. The Kier molecular flexibility index (Phi) is 4.76. The summed E-state index contributed by atoms with van der Waals surface area (Å²) in [6.07, 6.45) is -2.57. The molecule has 1 aromatic heterocycles. The molecule has 136 valence electrons. The van der Waals surface area contributed by atoms with Crippen LogP contribution in [0.2, 0.25) is 0 Å². The summed E-state index contributed by atoms with van der Waals surface area (Å²) in [5.41, 5.74) is 1.61. The van der Waals surface area contributed by atoms with Gasteiger partial charge in [-0.15, -0.1) is 0 Å². The van der Waals surface area contributed by atoms with Crippen molar-refractivity contribution in [2.45, 2.75) is 31.9 Å². The molecule has 0 saturated carbocycles. The molecule has 1 heterocycles. The SMILES string of the molecule is CCc1cccc2c([C@@H](CC(=O)O)c3ccccc3C(F)(F)F)c[nH]c12. The van der Waals surface area contributed by atoms with Crippen LogP contribution in [-0.4, -0.2) is 16.1 Å². The van der Waals surface area contributed by atoms with E-state index in [1.807, 2.05) is 25.1 Å². The third kappa shape index (κ3) is 3.31. The average Bonchev–Trinajstić information content (AvgIpc) is 3.02. The number of hydrogen-bond acceptors (Lipinski definition) is 1. The largest absolute Gasteiger partial charge is 0.481 e. The van der Waals surface area contributed by atoms with E-state index in [0.717, 1.165) is 29.0 Å². The molecule has 0 aliphatic heterocycles. The van der Waals surface area contributed by atoms with Crippen LogP contribution in [0.4, 0.5) is 13.2 Å². The van der Waals surface area contributed by atoms with E-state index in [9.17, 15) is 23.1 Å². The number of aliphatic carboxylic acids is 1. The predicted molar refractivity (Wildman–Crippen MR) is 93.2 cm³/mol. The van der Waals surface area contributed by atoms with E-state index < -0.39 is 30.0 Å². The Bertz CT molecular complexity index is 944. The molecule has 0 amide bonds. The van der Waals surface area contributed by atoms with Gasteiger partial charge in [-0.3, -0.25) is 4.79 Å². The van der Waals surface area contributed by atoms with Gasteiger partial charge in [-0.1, -0.05) is 43.3 Å². The minimum Gasteiger partial charge on any atom is -0.481 e. The second kappa shape index (κ2) is 6.86. The van der Waals surface area contributed by atoms with Crippen molar-refractivity contribution in [3.05, 3.63) is 70.9 Å². The Morgan fingerprint density at radius 1 is 1.12 bits per heavy atom. The van der Waals surface area contributed by atoms with Gasteiger partial charge in [-0.2, -0.15) is 13.2 Å². The number of benzene rings is 2. The highest BCUT2D eigenvalue weighted by Gasteiger charge is 2.36. The first-order valence-electron chi connectivity index (χ1n) is 8.29. The fourth-order valence-corrected chi connectivity index (χ4v) is 3.44. The van der Waals surface area contributed by atoms with Gasteiger partial charge in [0.1, 0.15) is 0 Å². The summed E-state index contributed by atoms with van der Waals surface area (Å²) in [6.45, 7) is 1.99. The summed E-state index contributed by atoms with van der Waals surface area (Å²) in [5, 5.41) is 10.1. The molecule has 0 radical (unpaired) electrons. The van der Waals surface area contributed by atoms with E-state index in [1.165, 1.54) is 18.2 Å². The molecule has 2 aromatic carbocycles. The van der Waals surface area contributed by atoms with Gasteiger partial charge in [0.05, 0.1) is 12.0 Å². The van der Waals surface area contributed by atoms with Crippen LogP contribution < -0.4 is 0 Å². The van der Waals surface area contributed by atoms with E-state index in [4.69, 9.17) is 0 Å². The summed E-state index contributed by atoms with van der Waals surface area (Å²) in [4.78, 5) is 14.5. The monoisotopic (exact) mass is 361 g/mol. The van der Waals surface area contributed by atoms with Crippen molar-refractivity contribution in [1.29, 1.82) is 0 Å². The lowest BCUT2D eigenvalue weighted by molar-refractivity contribution is -0.140. The highest BCUT2D eigenvalue weighted by molar-refractivity contribution is 5.87. The minimum atomic E-state index is -4.55. The number of H-pyrrole nitrogens is 1. The van der Waals surface area contributed by atoms with Crippen LogP contribution in [0.3, 0.4) is 0 Å². The zero-order valence-electron chi connectivity index (χ0n) is 14.1. The summed E-state index contributed by atoms with van der Waals surface area (Å²) >= 11 is 0. The lowest BCUT2D eigenvalue weighted by atomic mass is 9.85. The minimum absolute atomic E-state index is 0.0230. The van der Waals surface area contributed by atoms with Crippen LogP contribution in [0.5, 0.6) is 0 Å². The van der Waals surface area contributed by atoms with E-state index in [-0.39, 0.29) is 5.56 Å². The normalized spacial score (nSPS) is 13.1. The van der Waals surface area contributed by atoms with E-state index in [2.05, 4.69) is 4.98 Å². The smallest absolute Gasteiger partial charge is 0.416 e. The van der Waals surface area contributed by atoms with Crippen molar-refractivity contribution in [2.75, 3.05) is 0 Å². The number of carboxylic acid groups (broad SMARTS) is 1. The lowest BCUT2D eigenvalue weighted by Gasteiger charge is -2.20. The van der Waals surface area contributed by atoms with Crippen LogP contribution in [0.15, 0.2) is 48.7 Å². The first-order chi connectivity index (χ1) is 12.3. The van der Waals surface area contributed by atoms with Crippen LogP contribution in [-0.2, 0) is 17.4 Å². The van der Waals surface area contributed by atoms with Crippen molar-refractivity contribution in [3.8, 4) is 0 Å². The lowest BCUT2D eigenvalue weighted by Crippen LogP contribution is -2.15. The summed E-state index contributed by atoms with van der Waals surface area (Å²) in [5.74, 6) is -2.04. The van der Waals surface area contributed by atoms with Crippen LogP contribution in [0, 0.1) is 0 Å². The topological polar surface area (TPSA) is 53.1 Å². The summed E-state index contributed by atoms with van der Waals surface area (Å²) in [6, 6.07) is 10.8. The maximum Gasteiger partial charge on any atom is 0.416 e. The van der Waals surface area contributed by atoms with Crippen molar-refractivity contribution in [1.82, 2.24) is 4.98 Å². The number of fused-ring (bicyclic) bond motifs is 1. The van der Waals surface area contributed by atoms with Crippen LogP contribution in [0.1, 0.15) is 41.5 Å². The zero-order valence-corrected chi connectivity index (χ0v) is 14.1. The van der Waals surface area contributed by atoms with Crippen molar-refractivity contribution in [3.63, 3.8) is 0 Å². The molecule has 26 heavy (non-hydrogen) atoms. The Morgan fingerprint density at radius 3 is 2.50 bits per heavy atom. The standard InChI is InChI=1S/C20H18F3NO2/c1-2-12-6-5-8-14-16(11-24-19(12)14)15(10-18(25)26)13-7-3-4-9-17(13)20(21,22)23/h3-9,11,15,24H,2,10H2,1H3,(H,25,26)/t15-/m0/s1. The molecule has 3 rings (SSSR count). The van der Waals surface area contributed by atoms with Gasteiger partial charge in [0, 0.05) is 23.0 Å².